The van der Waals surface area contributed by atoms with Crippen LogP contribution in [0.25, 0.3) is 0 Å². The SMILES string of the molecule is CC(C)[C@@H]1CN(C2(C(=O)Nc3cccc(F)c3)Cc3ccc(NC(=O)[C@@H](N)C(C4CC4)C4CC4)cc3C2)C(=O)N1. The fourth-order valence-electron chi connectivity index (χ4n) is 6.66. The van der Waals surface area contributed by atoms with Crippen LogP contribution >= 0.6 is 0 Å². The van der Waals surface area contributed by atoms with E-state index in [1.807, 2.05) is 32.0 Å². The Morgan fingerprint density at radius 1 is 1.00 bits per heavy atom. The smallest absolute Gasteiger partial charge is 0.318 e. The number of fused-ring (bicyclic) bond motifs is 1. The van der Waals surface area contributed by atoms with Gasteiger partial charge in [-0.25, -0.2) is 9.18 Å². The molecule has 4 aliphatic rings. The zero-order valence-corrected chi connectivity index (χ0v) is 23.1. The summed E-state index contributed by atoms with van der Waals surface area (Å²) in [6.07, 6.45) is 5.22. The maximum atomic E-state index is 14.0. The van der Waals surface area contributed by atoms with Gasteiger partial charge in [0.25, 0.3) is 5.91 Å². The van der Waals surface area contributed by atoms with Crippen molar-refractivity contribution in [3.63, 3.8) is 0 Å². The van der Waals surface area contributed by atoms with Gasteiger partial charge >= 0.3 is 6.03 Å². The van der Waals surface area contributed by atoms with Gasteiger partial charge in [-0.1, -0.05) is 26.0 Å². The average molecular weight is 548 g/mol. The Morgan fingerprint density at radius 3 is 2.30 bits per heavy atom. The van der Waals surface area contributed by atoms with Crippen LogP contribution in [0, 0.1) is 29.5 Å². The topological polar surface area (TPSA) is 117 Å². The monoisotopic (exact) mass is 547 g/mol. The molecule has 1 aliphatic heterocycles. The minimum Gasteiger partial charge on any atom is -0.333 e. The Kier molecular flexibility index (Phi) is 6.81. The Morgan fingerprint density at radius 2 is 1.68 bits per heavy atom. The van der Waals surface area contributed by atoms with Crippen LogP contribution in [0.1, 0.15) is 50.7 Å². The summed E-state index contributed by atoms with van der Waals surface area (Å²) in [5.74, 6) is 0.579. The number of carbonyl (C=O) groups is 3. The summed E-state index contributed by atoms with van der Waals surface area (Å²) in [4.78, 5) is 41.9. The summed E-state index contributed by atoms with van der Waals surface area (Å²) in [6.45, 7) is 4.46. The van der Waals surface area contributed by atoms with E-state index in [9.17, 15) is 18.8 Å². The Balaban J connectivity index is 1.25. The van der Waals surface area contributed by atoms with Crippen LogP contribution in [-0.2, 0) is 22.4 Å². The minimum atomic E-state index is -1.19. The van der Waals surface area contributed by atoms with E-state index in [2.05, 4.69) is 16.0 Å². The molecule has 1 heterocycles. The molecule has 9 heteroatoms. The average Bonchev–Trinajstić information content (AvgIpc) is 3.84. The highest BCUT2D eigenvalue weighted by Crippen LogP contribution is 2.50. The molecule has 2 aromatic carbocycles. The van der Waals surface area contributed by atoms with E-state index < -0.39 is 17.4 Å². The summed E-state index contributed by atoms with van der Waals surface area (Å²) >= 11 is 0. The molecule has 5 N–H and O–H groups in total. The van der Waals surface area contributed by atoms with Gasteiger partial charge < -0.3 is 26.6 Å². The van der Waals surface area contributed by atoms with Gasteiger partial charge in [-0.2, -0.15) is 0 Å². The first-order valence-electron chi connectivity index (χ1n) is 14.5. The number of nitrogens with two attached hydrogens (primary N) is 1. The number of rotatable bonds is 9. The molecule has 0 aromatic heterocycles. The number of nitrogens with zero attached hydrogens (tertiary/aromatic N) is 1. The fourth-order valence-corrected chi connectivity index (χ4v) is 6.66. The summed E-state index contributed by atoms with van der Waals surface area (Å²) in [6, 6.07) is 10.5. The molecule has 3 atom stereocenters. The lowest BCUT2D eigenvalue weighted by Crippen LogP contribution is -2.59. The summed E-state index contributed by atoms with van der Waals surface area (Å²) in [7, 11) is 0. The number of anilines is 2. The van der Waals surface area contributed by atoms with E-state index in [1.165, 1.54) is 18.2 Å². The first kappa shape index (κ1) is 26.7. The van der Waals surface area contributed by atoms with Crippen LogP contribution in [0.15, 0.2) is 42.5 Å². The van der Waals surface area contributed by atoms with Gasteiger partial charge in [-0.15, -0.1) is 0 Å². The number of nitrogens with one attached hydrogen (secondary N) is 3. The van der Waals surface area contributed by atoms with Crippen molar-refractivity contribution < 1.29 is 18.8 Å². The van der Waals surface area contributed by atoms with E-state index in [0.717, 1.165) is 36.8 Å². The lowest BCUT2D eigenvalue weighted by molar-refractivity contribution is -0.125. The van der Waals surface area contributed by atoms with Crippen LogP contribution in [0.4, 0.5) is 20.6 Å². The number of hydrogen-bond donors (Lipinski definition) is 4. The van der Waals surface area contributed by atoms with Gasteiger partial charge in [0.1, 0.15) is 11.4 Å². The highest BCUT2D eigenvalue weighted by atomic mass is 19.1. The molecule has 0 spiro atoms. The van der Waals surface area contributed by atoms with Crippen LogP contribution < -0.4 is 21.7 Å². The van der Waals surface area contributed by atoms with Gasteiger partial charge in [-0.3, -0.25) is 9.59 Å². The predicted molar refractivity (Wildman–Crippen MR) is 151 cm³/mol. The third-order valence-corrected chi connectivity index (χ3v) is 9.25. The molecule has 212 valence electrons. The van der Waals surface area contributed by atoms with Gasteiger partial charge in [0.15, 0.2) is 0 Å². The molecule has 8 nitrogen and oxygen atoms in total. The van der Waals surface area contributed by atoms with Gasteiger partial charge in [0.2, 0.25) is 5.91 Å². The Bertz CT molecular complexity index is 1330. The molecule has 0 radical (unpaired) electrons. The van der Waals surface area contributed by atoms with Crippen LogP contribution in [0.5, 0.6) is 0 Å². The second-order valence-corrected chi connectivity index (χ2v) is 12.5. The summed E-state index contributed by atoms with van der Waals surface area (Å²) < 4.78 is 13.9. The molecule has 2 aromatic rings. The van der Waals surface area contributed by atoms with Crippen molar-refractivity contribution in [1.29, 1.82) is 0 Å². The molecule has 0 bridgehead atoms. The molecule has 4 amide bonds. The molecule has 2 saturated carbocycles. The number of urea groups is 1. The summed E-state index contributed by atoms with van der Waals surface area (Å²) in [5, 5.41) is 8.91. The zero-order valence-electron chi connectivity index (χ0n) is 23.1. The highest BCUT2D eigenvalue weighted by Gasteiger charge is 2.53. The Hall–Kier alpha value is -3.46. The van der Waals surface area contributed by atoms with E-state index in [0.29, 0.717) is 36.2 Å². The minimum absolute atomic E-state index is 0.0859. The number of amides is 4. The van der Waals surface area contributed by atoms with E-state index in [1.54, 1.807) is 11.0 Å². The van der Waals surface area contributed by atoms with Gasteiger partial charge in [0.05, 0.1) is 12.1 Å². The Labute approximate surface area is 234 Å². The van der Waals surface area contributed by atoms with E-state index in [4.69, 9.17) is 5.73 Å². The highest BCUT2D eigenvalue weighted by molar-refractivity contribution is 6.02. The van der Waals surface area contributed by atoms with Crippen molar-refractivity contribution >= 4 is 29.2 Å². The second kappa shape index (κ2) is 10.2. The van der Waals surface area contributed by atoms with Crippen molar-refractivity contribution in [2.75, 3.05) is 17.2 Å². The molecular formula is C31H38FN5O3. The fraction of sp³-hybridized carbons (Fsp3) is 0.516. The molecule has 6 rings (SSSR count). The molecule has 3 aliphatic carbocycles. The zero-order chi connectivity index (χ0) is 28.2. The number of benzene rings is 2. The van der Waals surface area contributed by atoms with Crippen molar-refractivity contribution in [2.45, 2.75) is 70.0 Å². The molecule has 3 fully saturated rings. The number of halogens is 1. The van der Waals surface area contributed by atoms with Crippen molar-refractivity contribution in [2.24, 2.45) is 29.4 Å². The molecule has 40 heavy (non-hydrogen) atoms. The van der Waals surface area contributed by atoms with Gasteiger partial charge in [0, 0.05) is 30.8 Å². The van der Waals surface area contributed by atoms with Crippen LogP contribution in [-0.4, -0.2) is 46.9 Å². The molecule has 1 saturated heterocycles. The van der Waals surface area contributed by atoms with Gasteiger partial charge in [-0.05, 0) is 90.8 Å². The first-order chi connectivity index (χ1) is 19.1. The summed E-state index contributed by atoms with van der Waals surface area (Å²) in [5.41, 5.74) is 8.07. The quantitative estimate of drug-likeness (QED) is 0.379. The number of hydrogen-bond acceptors (Lipinski definition) is 4. The van der Waals surface area contributed by atoms with E-state index >= 15 is 0 Å². The van der Waals surface area contributed by atoms with Crippen molar-refractivity contribution in [1.82, 2.24) is 10.2 Å². The second-order valence-electron chi connectivity index (χ2n) is 12.5. The predicted octanol–water partition coefficient (Wildman–Crippen LogP) is 4.05. The van der Waals surface area contributed by atoms with Crippen molar-refractivity contribution in [3.05, 3.63) is 59.4 Å². The van der Waals surface area contributed by atoms with Crippen molar-refractivity contribution in [3.8, 4) is 0 Å². The third kappa shape index (κ3) is 5.07. The maximum absolute atomic E-state index is 14.0. The molecule has 1 unspecified atom stereocenters. The van der Waals surface area contributed by atoms with Crippen LogP contribution in [0.3, 0.4) is 0 Å². The normalized spacial score (nSPS) is 24.7. The molecular weight excluding hydrogens is 509 g/mol. The van der Waals surface area contributed by atoms with Crippen LogP contribution in [0.2, 0.25) is 0 Å². The first-order valence-corrected chi connectivity index (χ1v) is 14.5. The third-order valence-electron chi connectivity index (χ3n) is 9.25. The lowest BCUT2D eigenvalue weighted by atomic mass is 9.89. The largest absolute Gasteiger partial charge is 0.333 e. The number of carbonyl (C=O) groups excluding carboxylic acids is 3. The lowest BCUT2D eigenvalue weighted by Gasteiger charge is -2.36. The standard InChI is InChI=1S/C31H38FN5O3/c1-17(2)25-16-37(30(40)36-25)31(29(39)35-23-5-3-4-22(32)13-23)14-20-10-11-24(12-21(20)15-31)34-28(38)27(33)26(18-6-7-18)19-8-9-19/h3-5,10-13,17-19,25-27H,6-9,14-16,33H2,1-2H3,(H,34,38)(H,35,39)(H,36,40)/t25-,27-,31?/m0/s1. The van der Waals surface area contributed by atoms with E-state index in [-0.39, 0.29) is 42.1 Å². The maximum Gasteiger partial charge on any atom is 0.318 e.